The average molecular weight is 277 g/mol. The van der Waals surface area contributed by atoms with E-state index in [0.717, 1.165) is 5.56 Å². The lowest BCUT2D eigenvalue weighted by atomic mass is 9.91. The highest BCUT2D eigenvalue weighted by molar-refractivity contribution is 5.90. The largest absolute Gasteiger partial charge is 0.347 e. The number of hydrogen-bond donors (Lipinski definition) is 1. The van der Waals surface area contributed by atoms with Crippen LogP contribution in [0.25, 0.3) is 0 Å². The first-order valence-electron chi connectivity index (χ1n) is 6.64. The highest BCUT2D eigenvalue weighted by Gasteiger charge is 2.34. The van der Waals surface area contributed by atoms with Crippen LogP contribution >= 0.6 is 0 Å². The molecular formula is C15H23N3O2. The number of benzene rings is 1. The number of carbonyl (C=O) groups excluding carboxylic acids is 2. The summed E-state index contributed by atoms with van der Waals surface area (Å²) >= 11 is 0. The van der Waals surface area contributed by atoms with Gasteiger partial charge in [0.15, 0.2) is 0 Å². The molecule has 0 aliphatic rings. The predicted octanol–water partition coefficient (Wildman–Crippen LogP) is 0.797. The Morgan fingerprint density at radius 3 is 2.20 bits per heavy atom. The molecule has 0 saturated heterocycles. The van der Waals surface area contributed by atoms with Gasteiger partial charge in [0.1, 0.15) is 5.54 Å². The summed E-state index contributed by atoms with van der Waals surface area (Å²) in [7, 11) is 3.33. The molecule has 0 saturated carbocycles. The van der Waals surface area contributed by atoms with Gasteiger partial charge in [-0.1, -0.05) is 30.3 Å². The SMILES string of the molecule is CCN(CC(=O)N(C)C)C(=O)C(C)(N)c1ccccc1. The van der Waals surface area contributed by atoms with Crippen molar-refractivity contribution in [3.8, 4) is 0 Å². The lowest BCUT2D eigenvalue weighted by Crippen LogP contribution is -2.53. The van der Waals surface area contributed by atoms with Gasteiger partial charge in [-0.15, -0.1) is 0 Å². The maximum Gasteiger partial charge on any atom is 0.247 e. The molecule has 110 valence electrons. The van der Waals surface area contributed by atoms with E-state index in [4.69, 9.17) is 5.73 Å². The fourth-order valence-electron chi connectivity index (χ4n) is 1.87. The van der Waals surface area contributed by atoms with Crippen molar-refractivity contribution in [3.05, 3.63) is 35.9 Å². The molecule has 0 bridgehead atoms. The van der Waals surface area contributed by atoms with Gasteiger partial charge in [-0.25, -0.2) is 0 Å². The second kappa shape index (κ2) is 6.52. The molecule has 2 N–H and O–H groups in total. The van der Waals surface area contributed by atoms with Crippen molar-refractivity contribution in [2.75, 3.05) is 27.2 Å². The van der Waals surface area contributed by atoms with E-state index >= 15 is 0 Å². The number of amides is 2. The van der Waals surface area contributed by atoms with Crippen LogP contribution < -0.4 is 5.73 Å². The lowest BCUT2D eigenvalue weighted by molar-refractivity contribution is -0.142. The standard InChI is InChI=1S/C15H23N3O2/c1-5-18(11-13(19)17(3)4)14(20)15(2,16)12-9-7-6-8-10-12/h6-10H,5,11,16H2,1-4H3. The summed E-state index contributed by atoms with van der Waals surface area (Å²) in [5.74, 6) is -0.370. The molecule has 5 nitrogen and oxygen atoms in total. The zero-order valence-electron chi connectivity index (χ0n) is 12.6. The van der Waals surface area contributed by atoms with Crippen LogP contribution in [0.5, 0.6) is 0 Å². The van der Waals surface area contributed by atoms with E-state index in [1.807, 2.05) is 37.3 Å². The van der Waals surface area contributed by atoms with Crippen LogP contribution in [-0.4, -0.2) is 48.8 Å². The van der Waals surface area contributed by atoms with Gasteiger partial charge in [-0.05, 0) is 19.4 Å². The Morgan fingerprint density at radius 2 is 1.75 bits per heavy atom. The van der Waals surface area contributed by atoms with Crippen molar-refractivity contribution in [2.24, 2.45) is 5.73 Å². The Morgan fingerprint density at radius 1 is 1.20 bits per heavy atom. The second-order valence-corrected chi connectivity index (χ2v) is 5.18. The molecule has 1 rings (SSSR count). The molecule has 20 heavy (non-hydrogen) atoms. The van der Waals surface area contributed by atoms with E-state index in [9.17, 15) is 9.59 Å². The van der Waals surface area contributed by atoms with E-state index in [2.05, 4.69) is 0 Å². The molecule has 5 heteroatoms. The number of likely N-dealkylation sites (N-methyl/N-ethyl adjacent to an activating group) is 2. The predicted molar refractivity (Wildman–Crippen MR) is 78.9 cm³/mol. The highest BCUT2D eigenvalue weighted by atomic mass is 16.2. The molecule has 1 aromatic rings. The van der Waals surface area contributed by atoms with Crippen LogP contribution in [0.4, 0.5) is 0 Å². The van der Waals surface area contributed by atoms with E-state index in [0.29, 0.717) is 6.54 Å². The van der Waals surface area contributed by atoms with Crippen molar-refractivity contribution < 1.29 is 9.59 Å². The number of nitrogens with zero attached hydrogens (tertiary/aromatic N) is 2. The molecule has 1 unspecified atom stereocenters. The normalized spacial score (nSPS) is 13.4. The Bertz CT molecular complexity index is 469. The number of hydrogen-bond acceptors (Lipinski definition) is 3. The first-order valence-corrected chi connectivity index (χ1v) is 6.64. The van der Waals surface area contributed by atoms with Crippen molar-refractivity contribution >= 4 is 11.8 Å². The lowest BCUT2D eigenvalue weighted by Gasteiger charge is -2.31. The van der Waals surface area contributed by atoms with Crippen molar-refractivity contribution in [1.82, 2.24) is 9.80 Å². The molecule has 1 aromatic carbocycles. The van der Waals surface area contributed by atoms with Gasteiger partial charge in [0.2, 0.25) is 11.8 Å². The Kier molecular flexibility index (Phi) is 5.27. The molecule has 0 heterocycles. The maximum absolute atomic E-state index is 12.6. The third-order valence-corrected chi connectivity index (χ3v) is 3.31. The maximum atomic E-state index is 12.6. The molecule has 0 radical (unpaired) electrons. The molecule has 0 aliphatic heterocycles. The van der Waals surface area contributed by atoms with Gasteiger partial charge < -0.3 is 15.5 Å². The molecule has 0 spiro atoms. The minimum absolute atomic E-state index is 0.0436. The Labute approximate surface area is 120 Å². The molecular weight excluding hydrogens is 254 g/mol. The second-order valence-electron chi connectivity index (χ2n) is 5.18. The van der Waals surface area contributed by atoms with Crippen molar-refractivity contribution in [1.29, 1.82) is 0 Å². The first kappa shape index (κ1) is 16.2. The minimum atomic E-state index is -1.14. The van der Waals surface area contributed by atoms with Crippen LogP contribution in [0.15, 0.2) is 30.3 Å². The van der Waals surface area contributed by atoms with Gasteiger partial charge in [0.05, 0.1) is 6.54 Å². The highest BCUT2D eigenvalue weighted by Crippen LogP contribution is 2.20. The molecule has 0 aromatic heterocycles. The molecule has 0 fully saturated rings. The van der Waals surface area contributed by atoms with Crippen molar-refractivity contribution in [2.45, 2.75) is 19.4 Å². The summed E-state index contributed by atoms with van der Waals surface area (Å²) in [4.78, 5) is 27.3. The summed E-state index contributed by atoms with van der Waals surface area (Å²) in [6, 6.07) is 9.19. The Balaban J connectivity index is 2.93. The summed E-state index contributed by atoms with van der Waals surface area (Å²) in [6.07, 6.45) is 0. The van der Waals surface area contributed by atoms with Gasteiger partial charge in [-0.2, -0.15) is 0 Å². The smallest absolute Gasteiger partial charge is 0.247 e. The van der Waals surface area contributed by atoms with Gasteiger partial charge in [0, 0.05) is 20.6 Å². The van der Waals surface area contributed by atoms with Crippen LogP contribution in [0.2, 0.25) is 0 Å². The van der Waals surface area contributed by atoms with Crippen LogP contribution in [0.1, 0.15) is 19.4 Å². The van der Waals surface area contributed by atoms with Crippen LogP contribution in [-0.2, 0) is 15.1 Å². The van der Waals surface area contributed by atoms with Gasteiger partial charge >= 0.3 is 0 Å². The summed E-state index contributed by atoms with van der Waals surface area (Å²) in [5.41, 5.74) is 5.80. The Hall–Kier alpha value is -1.88. The third kappa shape index (κ3) is 3.57. The topological polar surface area (TPSA) is 66.6 Å². The number of carbonyl (C=O) groups is 2. The van der Waals surface area contributed by atoms with E-state index in [1.165, 1.54) is 9.80 Å². The van der Waals surface area contributed by atoms with E-state index < -0.39 is 5.54 Å². The zero-order valence-corrected chi connectivity index (χ0v) is 12.6. The fourth-order valence-corrected chi connectivity index (χ4v) is 1.87. The van der Waals surface area contributed by atoms with Crippen LogP contribution in [0.3, 0.4) is 0 Å². The van der Waals surface area contributed by atoms with Gasteiger partial charge in [-0.3, -0.25) is 9.59 Å². The molecule has 1 atom stereocenters. The molecule has 0 aliphatic carbocycles. The quantitative estimate of drug-likeness (QED) is 0.865. The summed E-state index contributed by atoms with van der Waals surface area (Å²) < 4.78 is 0. The summed E-state index contributed by atoms with van der Waals surface area (Å²) in [5, 5.41) is 0. The average Bonchev–Trinajstić information content (AvgIpc) is 2.44. The van der Waals surface area contributed by atoms with E-state index in [-0.39, 0.29) is 18.4 Å². The van der Waals surface area contributed by atoms with Crippen LogP contribution in [0, 0.1) is 0 Å². The first-order chi connectivity index (χ1) is 9.30. The van der Waals surface area contributed by atoms with Crippen molar-refractivity contribution in [3.63, 3.8) is 0 Å². The third-order valence-electron chi connectivity index (χ3n) is 3.31. The monoisotopic (exact) mass is 277 g/mol. The van der Waals surface area contributed by atoms with E-state index in [1.54, 1.807) is 21.0 Å². The minimum Gasteiger partial charge on any atom is -0.347 e. The zero-order chi connectivity index (χ0) is 15.3. The molecule has 2 amide bonds. The number of rotatable bonds is 5. The fraction of sp³-hybridized carbons (Fsp3) is 0.467. The van der Waals surface area contributed by atoms with Gasteiger partial charge in [0.25, 0.3) is 0 Å². The summed E-state index contributed by atoms with van der Waals surface area (Å²) in [6.45, 7) is 4.00. The number of nitrogens with two attached hydrogens (primary N) is 1.